The average molecular weight is 278 g/mol. The summed E-state index contributed by atoms with van der Waals surface area (Å²) >= 11 is 0. The van der Waals surface area contributed by atoms with Gasteiger partial charge in [0.15, 0.2) is 0 Å². The van der Waals surface area contributed by atoms with E-state index in [0.717, 1.165) is 0 Å². The number of carbonyl (C=O) groups is 2. The van der Waals surface area contributed by atoms with Crippen LogP contribution >= 0.6 is 0 Å². The Labute approximate surface area is 117 Å². The van der Waals surface area contributed by atoms with Crippen molar-refractivity contribution in [2.24, 2.45) is 11.8 Å². The Morgan fingerprint density at radius 1 is 1.40 bits per heavy atom. The molecule has 0 bridgehead atoms. The lowest BCUT2D eigenvalue weighted by atomic mass is 9.99. The summed E-state index contributed by atoms with van der Waals surface area (Å²) in [7, 11) is 1.47. The van der Waals surface area contributed by atoms with Gasteiger partial charge >= 0.3 is 5.97 Å². The van der Waals surface area contributed by atoms with Crippen LogP contribution in [0.2, 0.25) is 0 Å². The minimum Gasteiger partial charge on any atom is -0.496 e. The number of methoxy groups -OCH3 is 1. The minimum absolute atomic E-state index is 0.0590. The Balaban J connectivity index is 2.23. The number of nitrogens with zero attached hydrogens (tertiary/aromatic N) is 1. The van der Waals surface area contributed by atoms with E-state index in [2.05, 4.69) is 0 Å². The molecule has 1 saturated heterocycles. The third-order valence-electron chi connectivity index (χ3n) is 3.67. The average Bonchev–Trinajstić information content (AvgIpc) is 2.80. The third kappa shape index (κ3) is 2.54. The predicted molar refractivity (Wildman–Crippen MR) is 73.6 cm³/mol. The Morgan fingerprint density at radius 2 is 2.10 bits per heavy atom. The van der Waals surface area contributed by atoms with Crippen molar-refractivity contribution in [1.82, 2.24) is 4.90 Å². The zero-order chi connectivity index (χ0) is 14.9. The van der Waals surface area contributed by atoms with Crippen molar-refractivity contribution in [3.05, 3.63) is 23.8 Å². The number of nitrogens with two attached hydrogens (primary N) is 1. The number of benzene rings is 1. The maximum Gasteiger partial charge on any atom is 0.308 e. The quantitative estimate of drug-likeness (QED) is 0.807. The highest BCUT2D eigenvalue weighted by molar-refractivity contribution is 5.98. The Kier molecular flexibility index (Phi) is 3.83. The predicted octanol–water partition coefficient (Wildman–Crippen LogP) is 1.07. The highest BCUT2D eigenvalue weighted by Crippen LogP contribution is 2.28. The number of carbonyl (C=O) groups excluding carboxylic acids is 1. The Morgan fingerprint density at radius 3 is 2.65 bits per heavy atom. The molecule has 1 aliphatic rings. The number of anilines is 1. The van der Waals surface area contributed by atoms with Crippen LogP contribution < -0.4 is 10.5 Å². The van der Waals surface area contributed by atoms with Gasteiger partial charge in [0.2, 0.25) is 0 Å². The monoisotopic (exact) mass is 278 g/mol. The molecular formula is C14H18N2O4. The minimum atomic E-state index is -0.864. The largest absolute Gasteiger partial charge is 0.496 e. The summed E-state index contributed by atoms with van der Waals surface area (Å²) in [5.74, 6) is -1.26. The molecule has 1 aromatic carbocycles. The van der Waals surface area contributed by atoms with Crippen molar-refractivity contribution >= 4 is 17.6 Å². The van der Waals surface area contributed by atoms with Crippen molar-refractivity contribution in [2.45, 2.75) is 6.92 Å². The molecule has 0 aliphatic carbocycles. The number of carboxylic acid groups (broad SMARTS) is 1. The summed E-state index contributed by atoms with van der Waals surface area (Å²) in [6.45, 7) is 2.50. The molecular weight excluding hydrogens is 260 g/mol. The van der Waals surface area contributed by atoms with Gasteiger partial charge in [-0.05, 0) is 18.1 Å². The van der Waals surface area contributed by atoms with Gasteiger partial charge in [0.25, 0.3) is 5.91 Å². The molecule has 1 heterocycles. The Bertz CT molecular complexity index is 544. The van der Waals surface area contributed by atoms with E-state index in [1.165, 1.54) is 7.11 Å². The van der Waals surface area contributed by atoms with Gasteiger partial charge in [0.1, 0.15) is 5.75 Å². The van der Waals surface area contributed by atoms with Crippen molar-refractivity contribution in [2.75, 3.05) is 25.9 Å². The molecule has 1 fully saturated rings. The number of aliphatic carboxylic acids is 1. The SMILES string of the molecule is COc1cc(N)ccc1C(=O)N1CC(C)C(C(=O)O)C1. The molecule has 1 aromatic rings. The number of hydrogen-bond acceptors (Lipinski definition) is 4. The molecule has 0 saturated carbocycles. The lowest BCUT2D eigenvalue weighted by Crippen LogP contribution is -2.30. The molecule has 108 valence electrons. The summed E-state index contributed by atoms with van der Waals surface area (Å²) in [5.41, 5.74) is 6.57. The lowest BCUT2D eigenvalue weighted by molar-refractivity contribution is -0.142. The van der Waals surface area contributed by atoms with Crippen molar-refractivity contribution < 1.29 is 19.4 Å². The van der Waals surface area contributed by atoms with E-state index in [-0.39, 0.29) is 18.4 Å². The van der Waals surface area contributed by atoms with Crippen LogP contribution in [0.5, 0.6) is 5.75 Å². The summed E-state index contributed by atoms with van der Waals surface area (Å²) in [5, 5.41) is 9.11. The molecule has 2 unspecified atom stereocenters. The summed E-state index contributed by atoms with van der Waals surface area (Å²) in [6, 6.07) is 4.82. The fourth-order valence-electron chi connectivity index (χ4n) is 2.51. The van der Waals surface area contributed by atoms with Crippen LogP contribution in [0.4, 0.5) is 5.69 Å². The topological polar surface area (TPSA) is 92.9 Å². The van der Waals surface area contributed by atoms with Crippen molar-refractivity contribution in [3.63, 3.8) is 0 Å². The molecule has 20 heavy (non-hydrogen) atoms. The number of amides is 1. The van der Waals surface area contributed by atoms with Gasteiger partial charge in [0, 0.05) is 24.8 Å². The maximum absolute atomic E-state index is 12.5. The fourth-order valence-corrected chi connectivity index (χ4v) is 2.51. The highest BCUT2D eigenvalue weighted by atomic mass is 16.5. The van der Waals surface area contributed by atoms with E-state index in [0.29, 0.717) is 23.5 Å². The van der Waals surface area contributed by atoms with Crippen LogP contribution in [0.3, 0.4) is 0 Å². The van der Waals surface area contributed by atoms with Crippen LogP contribution in [-0.4, -0.2) is 42.1 Å². The number of nitrogen functional groups attached to an aromatic ring is 1. The van der Waals surface area contributed by atoms with Gasteiger partial charge in [-0.15, -0.1) is 0 Å². The van der Waals surface area contributed by atoms with Crippen LogP contribution in [-0.2, 0) is 4.79 Å². The summed E-state index contributed by atoms with van der Waals surface area (Å²) < 4.78 is 5.16. The second-order valence-electron chi connectivity index (χ2n) is 5.09. The number of hydrogen-bond donors (Lipinski definition) is 2. The van der Waals surface area contributed by atoms with Gasteiger partial charge < -0.3 is 20.5 Å². The van der Waals surface area contributed by atoms with Crippen LogP contribution in [0, 0.1) is 11.8 Å². The van der Waals surface area contributed by atoms with E-state index < -0.39 is 11.9 Å². The van der Waals surface area contributed by atoms with E-state index >= 15 is 0 Å². The molecule has 2 rings (SSSR count). The van der Waals surface area contributed by atoms with Crippen LogP contribution in [0.1, 0.15) is 17.3 Å². The molecule has 1 aliphatic heterocycles. The normalized spacial score (nSPS) is 21.8. The molecule has 0 spiro atoms. The van der Waals surface area contributed by atoms with E-state index in [1.54, 1.807) is 23.1 Å². The van der Waals surface area contributed by atoms with Gasteiger partial charge in [-0.3, -0.25) is 9.59 Å². The Hall–Kier alpha value is -2.24. The van der Waals surface area contributed by atoms with Crippen LogP contribution in [0.25, 0.3) is 0 Å². The van der Waals surface area contributed by atoms with Gasteiger partial charge in [-0.2, -0.15) is 0 Å². The molecule has 0 radical (unpaired) electrons. The van der Waals surface area contributed by atoms with Gasteiger partial charge in [-0.25, -0.2) is 0 Å². The van der Waals surface area contributed by atoms with Crippen molar-refractivity contribution in [1.29, 1.82) is 0 Å². The first kappa shape index (κ1) is 14.2. The summed E-state index contributed by atoms with van der Waals surface area (Å²) in [4.78, 5) is 25.1. The molecule has 1 amide bonds. The lowest BCUT2D eigenvalue weighted by Gasteiger charge is -2.18. The zero-order valence-electron chi connectivity index (χ0n) is 11.5. The standard InChI is InChI=1S/C14H18N2O4/c1-8-6-16(7-11(8)14(18)19)13(17)10-4-3-9(15)5-12(10)20-2/h3-5,8,11H,6-7,15H2,1-2H3,(H,18,19). The van der Waals surface area contributed by atoms with E-state index in [4.69, 9.17) is 15.6 Å². The number of carboxylic acids is 1. The molecule has 0 aromatic heterocycles. The smallest absolute Gasteiger partial charge is 0.308 e. The number of likely N-dealkylation sites (tertiary alicyclic amines) is 1. The third-order valence-corrected chi connectivity index (χ3v) is 3.67. The molecule has 3 N–H and O–H groups in total. The molecule has 2 atom stereocenters. The second kappa shape index (κ2) is 5.40. The first-order valence-corrected chi connectivity index (χ1v) is 6.39. The zero-order valence-corrected chi connectivity index (χ0v) is 11.5. The first-order chi connectivity index (χ1) is 9.43. The second-order valence-corrected chi connectivity index (χ2v) is 5.09. The fraction of sp³-hybridized carbons (Fsp3) is 0.429. The van der Waals surface area contributed by atoms with E-state index in [1.807, 2.05) is 6.92 Å². The van der Waals surface area contributed by atoms with Crippen LogP contribution in [0.15, 0.2) is 18.2 Å². The summed E-state index contributed by atoms with van der Waals surface area (Å²) in [6.07, 6.45) is 0. The number of ether oxygens (including phenoxy) is 1. The maximum atomic E-state index is 12.5. The van der Waals surface area contributed by atoms with Gasteiger partial charge in [-0.1, -0.05) is 6.92 Å². The number of rotatable bonds is 3. The van der Waals surface area contributed by atoms with E-state index in [9.17, 15) is 9.59 Å². The molecule has 6 heteroatoms. The highest BCUT2D eigenvalue weighted by Gasteiger charge is 2.37. The molecule has 6 nitrogen and oxygen atoms in total. The first-order valence-electron chi connectivity index (χ1n) is 6.39. The van der Waals surface area contributed by atoms with Gasteiger partial charge in [0.05, 0.1) is 18.6 Å². The van der Waals surface area contributed by atoms with Crippen molar-refractivity contribution in [3.8, 4) is 5.75 Å².